The van der Waals surface area contributed by atoms with Crippen molar-refractivity contribution in [3.05, 3.63) is 35.4 Å². The summed E-state index contributed by atoms with van der Waals surface area (Å²) < 4.78 is 0. The Morgan fingerprint density at radius 3 is 2.74 bits per heavy atom. The molecule has 19 heavy (non-hydrogen) atoms. The lowest BCUT2D eigenvalue weighted by Gasteiger charge is -2.27. The Bertz CT molecular complexity index is 460. The number of carbonyl (C=O) groups is 1. The molecule has 2 rings (SSSR count). The Morgan fingerprint density at radius 1 is 1.47 bits per heavy atom. The van der Waals surface area contributed by atoms with Crippen LogP contribution < -0.4 is 11.1 Å². The zero-order valence-electron chi connectivity index (χ0n) is 11.9. The van der Waals surface area contributed by atoms with E-state index in [2.05, 4.69) is 35.5 Å². The predicted octanol–water partition coefficient (Wildman–Crippen LogP) is 1.45. The summed E-state index contributed by atoms with van der Waals surface area (Å²) in [5.74, 6) is 0.0708. The molecule has 0 saturated heterocycles. The molecule has 3 N–H and O–H groups in total. The average Bonchev–Trinajstić information content (AvgIpc) is 2.76. The van der Waals surface area contributed by atoms with Crippen LogP contribution >= 0.6 is 0 Å². The van der Waals surface area contributed by atoms with Crippen LogP contribution in [-0.4, -0.2) is 31.4 Å². The molecule has 3 atom stereocenters. The summed E-state index contributed by atoms with van der Waals surface area (Å²) in [6, 6.07) is 8.77. The monoisotopic (exact) mass is 261 g/mol. The number of nitrogens with one attached hydrogen (secondary N) is 1. The van der Waals surface area contributed by atoms with E-state index in [1.807, 2.05) is 13.0 Å². The normalized spacial score (nSPS) is 23.2. The molecule has 4 nitrogen and oxygen atoms in total. The van der Waals surface area contributed by atoms with Gasteiger partial charge >= 0.3 is 0 Å². The highest BCUT2D eigenvalue weighted by Crippen LogP contribution is 2.40. The molecule has 0 aromatic heterocycles. The minimum absolute atomic E-state index is 0.0148. The van der Waals surface area contributed by atoms with E-state index < -0.39 is 0 Å². The highest BCUT2D eigenvalue weighted by atomic mass is 16.1. The molecule has 1 aliphatic rings. The van der Waals surface area contributed by atoms with Crippen molar-refractivity contribution >= 4 is 5.91 Å². The summed E-state index contributed by atoms with van der Waals surface area (Å²) in [6.45, 7) is 2.70. The molecular formula is C15H23N3O. The van der Waals surface area contributed by atoms with Crippen LogP contribution in [-0.2, 0) is 4.79 Å². The van der Waals surface area contributed by atoms with Gasteiger partial charge in [0.1, 0.15) is 0 Å². The minimum atomic E-state index is -0.0148. The Morgan fingerprint density at radius 2 is 2.11 bits per heavy atom. The van der Waals surface area contributed by atoms with Crippen LogP contribution in [0.5, 0.6) is 0 Å². The summed E-state index contributed by atoms with van der Waals surface area (Å²) >= 11 is 0. The van der Waals surface area contributed by atoms with Gasteiger partial charge in [-0.3, -0.25) is 9.69 Å². The van der Waals surface area contributed by atoms with Gasteiger partial charge in [-0.15, -0.1) is 0 Å². The van der Waals surface area contributed by atoms with Crippen molar-refractivity contribution in [1.82, 2.24) is 10.2 Å². The van der Waals surface area contributed by atoms with Crippen molar-refractivity contribution in [1.29, 1.82) is 0 Å². The molecule has 0 radical (unpaired) electrons. The fourth-order valence-corrected chi connectivity index (χ4v) is 2.95. The van der Waals surface area contributed by atoms with Gasteiger partial charge < -0.3 is 11.1 Å². The molecule has 1 amide bonds. The van der Waals surface area contributed by atoms with Crippen LogP contribution in [0.4, 0.5) is 0 Å². The Balaban J connectivity index is 2.09. The Kier molecular flexibility index (Phi) is 4.22. The van der Waals surface area contributed by atoms with E-state index in [1.54, 1.807) is 7.05 Å². The summed E-state index contributed by atoms with van der Waals surface area (Å²) in [6.07, 6.45) is 0.927. The molecule has 1 aromatic carbocycles. The number of hydrogen-bond acceptors (Lipinski definition) is 3. The van der Waals surface area contributed by atoms with Crippen LogP contribution in [0, 0.1) is 5.92 Å². The summed E-state index contributed by atoms with van der Waals surface area (Å²) in [5.41, 5.74) is 8.73. The predicted molar refractivity (Wildman–Crippen MR) is 76.6 cm³/mol. The molecule has 4 heteroatoms. The van der Waals surface area contributed by atoms with Gasteiger partial charge in [0.05, 0.1) is 0 Å². The molecule has 0 saturated carbocycles. The quantitative estimate of drug-likeness (QED) is 0.862. The number of amides is 1. The fourth-order valence-electron chi connectivity index (χ4n) is 2.95. The van der Waals surface area contributed by atoms with E-state index in [4.69, 9.17) is 5.73 Å². The first kappa shape index (κ1) is 14.0. The summed E-state index contributed by atoms with van der Waals surface area (Å²) in [7, 11) is 3.75. The van der Waals surface area contributed by atoms with E-state index in [-0.39, 0.29) is 17.9 Å². The van der Waals surface area contributed by atoms with Gasteiger partial charge in [0, 0.05) is 31.6 Å². The number of nitrogens with two attached hydrogens (primary N) is 1. The smallest absolute Gasteiger partial charge is 0.223 e. The van der Waals surface area contributed by atoms with Gasteiger partial charge in [0.25, 0.3) is 0 Å². The maximum Gasteiger partial charge on any atom is 0.223 e. The number of rotatable bonds is 4. The van der Waals surface area contributed by atoms with E-state index in [9.17, 15) is 4.79 Å². The van der Waals surface area contributed by atoms with Crippen molar-refractivity contribution in [3.63, 3.8) is 0 Å². The van der Waals surface area contributed by atoms with Crippen molar-refractivity contribution in [2.75, 3.05) is 20.6 Å². The van der Waals surface area contributed by atoms with E-state index in [1.165, 1.54) is 11.1 Å². The molecule has 104 valence electrons. The zero-order chi connectivity index (χ0) is 14.0. The molecule has 0 bridgehead atoms. The molecule has 3 unspecified atom stereocenters. The second-order valence-electron chi connectivity index (χ2n) is 5.44. The molecule has 0 spiro atoms. The zero-order valence-corrected chi connectivity index (χ0v) is 11.9. The standard InChI is InChI=1S/C15H23N3O/c1-10(15(19)17-2)9-18(3)14-8-13(16)11-6-4-5-7-12(11)14/h4-7,10,13-14H,8-9,16H2,1-3H3,(H,17,19). The molecule has 0 fully saturated rings. The highest BCUT2D eigenvalue weighted by Gasteiger charge is 2.31. The number of hydrogen-bond donors (Lipinski definition) is 2. The molecule has 0 aliphatic heterocycles. The van der Waals surface area contributed by atoms with Gasteiger partial charge in [-0.2, -0.15) is 0 Å². The van der Waals surface area contributed by atoms with Gasteiger partial charge in [0.15, 0.2) is 0 Å². The highest BCUT2D eigenvalue weighted by molar-refractivity contribution is 5.78. The minimum Gasteiger partial charge on any atom is -0.359 e. The van der Waals surface area contributed by atoms with Gasteiger partial charge in [-0.25, -0.2) is 0 Å². The third-order valence-electron chi connectivity index (χ3n) is 4.02. The number of benzene rings is 1. The van der Waals surface area contributed by atoms with Crippen molar-refractivity contribution in [3.8, 4) is 0 Å². The lowest BCUT2D eigenvalue weighted by molar-refractivity contribution is -0.124. The van der Waals surface area contributed by atoms with Crippen molar-refractivity contribution in [2.24, 2.45) is 11.7 Å². The van der Waals surface area contributed by atoms with Crippen LogP contribution in [0.25, 0.3) is 0 Å². The number of carbonyl (C=O) groups excluding carboxylic acids is 1. The van der Waals surface area contributed by atoms with Gasteiger partial charge in [-0.05, 0) is 24.6 Å². The lowest BCUT2D eigenvalue weighted by Crippen LogP contribution is -2.35. The lowest BCUT2D eigenvalue weighted by atomic mass is 10.1. The summed E-state index contributed by atoms with van der Waals surface area (Å²) in [4.78, 5) is 13.9. The fraction of sp³-hybridized carbons (Fsp3) is 0.533. The first-order valence-corrected chi connectivity index (χ1v) is 6.80. The van der Waals surface area contributed by atoms with E-state index >= 15 is 0 Å². The Labute approximate surface area is 115 Å². The summed E-state index contributed by atoms with van der Waals surface area (Å²) in [5, 5.41) is 2.70. The van der Waals surface area contributed by atoms with E-state index in [0.29, 0.717) is 6.04 Å². The third kappa shape index (κ3) is 2.80. The number of nitrogens with zero attached hydrogens (tertiary/aromatic N) is 1. The molecule has 1 aromatic rings. The van der Waals surface area contributed by atoms with Crippen LogP contribution in [0.15, 0.2) is 24.3 Å². The maximum atomic E-state index is 11.6. The van der Waals surface area contributed by atoms with Crippen molar-refractivity contribution < 1.29 is 4.79 Å². The first-order chi connectivity index (χ1) is 9.04. The van der Waals surface area contributed by atoms with E-state index in [0.717, 1.165) is 13.0 Å². The molecule has 0 heterocycles. The van der Waals surface area contributed by atoms with Crippen molar-refractivity contribution in [2.45, 2.75) is 25.4 Å². The second-order valence-corrected chi connectivity index (χ2v) is 5.44. The molecule has 1 aliphatic carbocycles. The average molecular weight is 261 g/mol. The second kappa shape index (κ2) is 5.72. The number of fused-ring (bicyclic) bond motifs is 1. The third-order valence-corrected chi connectivity index (χ3v) is 4.02. The largest absolute Gasteiger partial charge is 0.359 e. The topological polar surface area (TPSA) is 58.4 Å². The Hall–Kier alpha value is -1.39. The van der Waals surface area contributed by atoms with Gasteiger partial charge in [0.2, 0.25) is 5.91 Å². The maximum absolute atomic E-state index is 11.6. The van der Waals surface area contributed by atoms with Crippen LogP contribution in [0.2, 0.25) is 0 Å². The first-order valence-electron chi connectivity index (χ1n) is 6.80. The van der Waals surface area contributed by atoms with Crippen LogP contribution in [0.1, 0.15) is 36.6 Å². The van der Waals surface area contributed by atoms with Gasteiger partial charge in [-0.1, -0.05) is 31.2 Å². The molecular weight excluding hydrogens is 238 g/mol. The van der Waals surface area contributed by atoms with Crippen LogP contribution in [0.3, 0.4) is 0 Å². The SMILES string of the molecule is CNC(=O)C(C)CN(C)C1CC(N)c2ccccc21.